The number of nitrogens with zero attached hydrogens (tertiary/aromatic N) is 2. The molecule has 0 aliphatic rings. The number of hydrogen-bond acceptors (Lipinski definition) is 4. The second-order valence-electron chi connectivity index (χ2n) is 5.60. The summed E-state index contributed by atoms with van der Waals surface area (Å²) in [5.41, 5.74) is 2.42. The van der Waals surface area contributed by atoms with Gasteiger partial charge in [-0.05, 0) is 69.3 Å². The minimum absolute atomic E-state index is 0.222. The molecule has 130 valence electrons. The number of anilines is 2. The van der Waals surface area contributed by atoms with Crippen molar-refractivity contribution in [2.75, 3.05) is 23.3 Å². The predicted molar refractivity (Wildman–Crippen MR) is 99.9 cm³/mol. The van der Waals surface area contributed by atoms with Crippen LogP contribution in [0.4, 0.5) is 11.4 Å². The van der Waals surface area contributed by atoms with Crippen LogP contribution in [0.25, 0.3) is 0 Å². The number of amides is 1. The van der Waals surface area contributed by atoms with Gasteiger partial charge in [-0.1, -0.05) is 0 Å². The first-order valence-corrected chi connectivity index (χ1v) is 8.40. The van der Waals surface area contributed by atoms with E-state index >= 15 is 0 Å². The summed E-state index contributed by atoms with van der Waals surface area (Å²) in [7, 11) is 0. The van der Waals surface area contributed by atoms with Crippen LogP contribution >= 0.6 is 0 Å². The van der Waals surface area contributed by atoms with Crippen LogP contribution < -0.4 is 15.0 Å². The molecule has 0 bridgehead atoms. The highest BCUT2D eigenvalue weighted by atomic mass is 16.5. The second-order valence-corrected chi connectivity index (χ2v) is 5.60. The first kappa shape index (κ1) is 18.3. The number of benzene rings is 2. The molecule has 1 unspecified atom stereocenters. The van der Waals surface area contributed by atoms with Crippen LogP contribution in [0.5, 0.6) is 5.75 Å². The van der Waals surface area contributed by atoms with E-state index in [-0.39, 0.29) is 5.91 Å². The number of ether oxygens (including phenoxy) is 1. The molecule has 1 amide bonds. The molecule has 0 aliphatic heterocycles. The smallest absolute Gasteiger partial charge is 0.265 e. The fraction of sp³-hybridized carbons (Fsp3) is 0.300. The number of carbonyl (C=O) groups excluding carboxylic acids is 1. The van der Waals surface area contributed by atoms with Crippen molar-refractivity contribution in [3.05, 3.63) is 54.1 Å². The Labute approximate surface area is 148 Å². The van der Waals surface area contributed by atoms with Gasteiger partial charge in [-0.25, -0.2) is 0 Å². The van der Waals surface area contributed by atoms with Crippen molar-refractivity contribution in [3.63, 3.8) is 0 Å². The van der Waals surface area contributed by atoms with E-state index in [1.807, 2.05) is 30.3 Å². The average Bonchev–Trinajstić information content (AvgIpc) is 2.64. The second kappa shape index (κ2) is 8.74. The first-order chi connectivity index (χ1) is 12.1. The molecule has 25 heavy (non-hydrogen) atoms. The van der Waals surface area contributed by atoms with Crippen molar-refractivity contribution >= 4 is 17.3 Å². The molecule has 5 heteroatoms. The SMILES string of the molecule is CCN(CC)c1ccc(NC(=O)C(C)Oc2ccc(C#N)cc2)cc1. The lowest BCUT2D eigenvalue weighted by Crippen LogP contribution is -2.30. The number of carbonyl (C=O) groups is 1. The van der Waals surface area contributed by atoms with Gasteiger partial charge in [0.15, 0.2) is 6.10 Å². The zero-order valence-electron chi connectivity index (χ0n) is 14.8. The van der Waals surface area contributed by atoms with E-state index in [2.05, 4.69) is 24.1 Å². The van der Waals surface area contributed by atoms with E-state index in [1.54, 1.807) is 31.2 Å². The average molecular weight is 337 g/mol. The van der Waals surface area contributed by atoms with Crippen molar-refractivity contribution in [1.82, 2.24) is 0 Å². The molecule has 1 N–H and O–H groups in total. The molecule has 5 nitrogen and oxygen atoms in total. The van der Waals surface area contributed by atoms with Gasteiger partial charge in [0.05, 0.1) is 11.6 Å². The fourth-order valence-corrected chi connectivity index (χ4v) is 2.45. The van der Waals surface area contributed by atoms with Crippen LogP contribution in [0.15, 0.2) is 48.5 Å². The molecular weight excluding hydrogens is 314 g/mol. The maximum Gasteiger partial charge on any atom is 0.265 e. The summed E-state index contributed by atoms with van der Waals surface area (Å²) >= 11 is 0. The van der Waals surface area contributed by atoms with Gasteiger partial charge in [0, 0.05) is 24.5 Å². The summed E-state index contributed by atoms with van der Waals surface area (Å²) in [6.45, 7) is 7.80. The van der Waals surface area contributed by atoms with Gasteiger partial charge in [-0.2, -0.15) is 5.26 Å². The highest BCUT2D eigenvalue weighted by molar-refractivity contribution is 5.94. The summed E-state index contributed by atoms with van der Waals surface area (Å²) < 4.78 is 5.61. The van der Waals surface area contributed by atoms with E-state index in [1.165, 1.54) is 0 Å². The van der Waals surface area contributed by atoms with Crippen molar-refractivity contribution in [2.45, 2.75) is 26.9 Å². The van der Waals surface area contributed by atoms with Gasteiger partial charge < -0.3 is 15.0 Å². The Balaban J connectivity index is 1.95. The van der Waals surface area contributed by atoms with Crippen molar-refractivity contribution < 1.29 is 9.53 Å². The van der Waals surface area contributed by atoms with Gasteiger partial charge >= 0.3 is 0 Å². The fourth-order valence-electron chi connectivity index (χ4n) is 2.45. The summed E-state index contributed by atoms with van der Waals surface area (Å²) in [6, 6.07) is 16.5. The molecule has 2 rings (SSSR count). The largest absolute Gasteiger partial charge is 0.481 e. The van der Waals surface area contributed by atoms with E-state index in [4.69, 9.17) is 10.00 Å². The molecule has 0 aromatic heterocycles. The number of nitriles is 1. The number of nitrogens with one attached hydrogen (secondary N) is 1. The zero-order chi connectivity index (χ0) is 18.2. The van der Waals surface area contributed by atoms with Gasteiger partial charge in [0.2, 0.25) is 0 Å². The van der Waals surface area contributed by atoms with E-state index < -0.39 is 6.10 Å². The first-order valence-electron chi connectivity index (χ1n) is 8.40. The zero-order valence-corrected chi connectivity index (χ0v) is 14.8. The van der Waals surface area contributed by atoms with E-state index in [0.29, 0.717) is 11.3 Å². The molecule has 1 atom stereocenters. The van der Waals surface area contributed by atoms with Gasteiger partial charge in [-0.15, -0.1) is 0 Å². The Hall–Kier alpha value is -3.00. The Morgan fingerprint density at radius 3 is 2.24 bits per heavy atom. The molecule has 0 fully saturated rings. The maximum atomic E-state index is 12.3. The quantitative estimate of drug-likeness (QED) is 0.834. The van der Waals surface area contributed by atoms with Crippen LogP contribution in [0.3, 0.4) is 0 Å². The van der Waals surface area contributed by atoms with Crippen molar-refractivity contribution in [3.8, 4) is 11.8 Å². The van der Waals surface area contributed by atoms with Crippen LogP contribution in [-0.4, -0.2) is 25.1 Å². The lowest BCUT2D eigenvalue weighted by molar-refractivity contribution is -0.122. The predicted octanol–water partition coefficient (Wildman–Crippen LogP) is 3.81. The third-order valence-corrected chi connectivity index (χ3v) is 3.93. The van der Waals surface area contributed by atoms with E-state index in [9.17, 15) is 4.79 Å². The minimum Gasteiger partial charge on any atom is -0.481 e. The Kier molecular flexibility index (Phi) is 6.41. The molecule has 0 spiro atoms. The molecule has 0 saturated heterocycles. The summed E-state index contributed by atoms with van der Waals surface area (Å²) in [6.07, 6.45) is -0.643. The molecule has 0 heterocycles. The van der Waals surface area contributed by atoms with Crippen LogP contribution in [0.2, 0.25) is 0 Å². The highest BCUT2D eigenvalue weighted by Crippen LogP contribution is 2.19. The lowest BCUT2D eigenvalue weighted by Gasteiger charge is -2.21. The number of rotatable bonds is 7. The molecule has 2 aromatic carbocycles. The monoisotopic (exact) mass is 337 g/mol. The van der Waals surface area contributed by atoms with Crippen LogP contribution in [0, 0.1) is 11.3 Å². The van der Waals surface area contributed by atoms with Crippen LogP contribution in [-0.2, 0) is 4.79 Å². The summed E-state index contributed by atoms with van der Waals surface area (Å²) in [5, 5.41) is 11.6. The van der Waals surface area contributed by atoms with Gasteiger partial charge in [0.25, 0.3) is 5.91 Å². The molecular formula is C20H23N3O2. The number of hydrogen-bond donors (Lipinski definition) is 1. The standard InChI is InChI=1S/C20H23N3O2/c1-4-23(5-2)18-10-8-17(9-11-18)22-20(24)15(3)25-19-12-6-16(14-21)7-13-19/h6-13,15H,4-5H2,1-3H3,(H,22,24). The molecule has 0 aliphatic carbocycles. The summed E-state index contributed by atoms with van der Waals surface area (Å²) in [4.78, 5) is 14.5. The normalized spacial score (nSPS) is 11.3. The highest BCUT2D eigenvalue weighted by Gasteiger charge is 2.15. The van der Waals surface area contributed by atoms with E-state index in [0.717, 1.165) is 24.5 Å². The third-order valence-electron chi connectivity index (χ3n) is 3.93. The van der Waals surface area contributed by atoms with Gasteiger partial charge in [0.1, 0.15) is 5.75 Å². The molecule has 2 aromatic rings. The molecule has 0 saturated carbocycles. The van der Waals surface area contributed by atoms with Crippen molar-refractivity contribution in [2.24, 2.45) is 0 Å². The Bertz CT molecular complexity index is 729. The van der Waals surface area contributed by atoms with Gasteiger partial charge in [-0.3, -0.25) is 4.79 Å². The van der Waals surface area contributed by atoms with Crippen LogP contribution in [0.1, 0.15) is 26.3 Å². The van der Waals surface area contributed by atoms with Crippen molar-refractivity contribution in [1.29, 1.82) is 5.26 Å². The lowest BCUT2D eigenvalue weighted by atomic mass is 10.2. The summed E-state index contributed by atoms with van der Waals surface area (Å²) in [5.74, 6) is 0.332. The Morgan fingerprint density at radius 1 is 1.12 bits per heavy atom. The topological polar surface area (TPSA) is 65.4 Å². The maximum absolute atomic E-state index is 12.3. The molecule has 0 radical (unpaired) electrons. The minimum atomic E-state index is -0.643. The third kappa shape index (κ3) is 4.98. The Morgan fingerprint density at radius 2 is 1.72 bits per heavy atom.